The molecule has 0 aliphatic heterocycles. The van der Waals surface area contributed by atoms with Crippen LogP contribution in [0, 0.1) is 13.8 Å². The number of ether oxygens (including phenoxy) is 1. The van der Waals surface area contributed by atoms with Gasteiger partial charge in [0.2, 0.25) is 0 Å². The molecule has 0 saturated carbocycles. The summed E-state index contributed by atoms with van der Waals surface area (Å²) in [6.07, 6.45) is 1.54. The van der Waals surface area contributed by atoms with Crippen molar-refractivity contribution >= 4 is 5.91 Å². The van der Waals surface area contributed by atoms with Crippen LogP contribution in [0.15, 0.2) is 30.5 Å². The Morgan fingerprint density at radius 3 is 2.74 bits per heavy atom. The molecule has 98 valence electrons. The van der Waals surface area contributed by atoms with E-state index in [1.165, 1.54) is 6.20 Å². The fraction of sp³-hybridized carbons (Fsp3) is 0.214. The molecule has 2 heterocycles. The highest BCUT2D eigenvalue weighted by Gasteiger charge is 2.08. The smallest absolute Gasteiger partial charge is 0.269 e. The number of aryl methyl sites for hydroxylation is 2. The number of amides is 1. The Morgan fingerprint density at radius 1 is 1.26 bits per heavy atom. The van der Waals surface area contributed by atoms with E-state index in [0.717, 1.165) is 11.4 Å². The van der Waals surface area contributed by atoms with Crippen LogP contribution in [-0.2, 0) is 0 Å². The first kappa shape index (κ1) is 13.0. The van der Waals surface area contributed by atoms with Crippen molar-refractivity contribution < 1.29 is 9.53 Å². The van der Waals surface area contributed by atoms with Gasteiger partial charge in [0.15, 0.2) is 0 Å². The fourth-order valence-electron chi connectivity index (χ4n) is 1.64. The van der Waals surface area contributed by atoms with Crippen LogP contribution < -0.4 is 10.1 Å². The minimum Gasteiger partial charge on any atom is -0.455 e. The number of pyridine rings is 2. The number of rotatable bonds is 3. The van der Waals surface area contributed by atoms with Crippen LogP contribution in [0.5, 0.6) is 11.5 Å². The van der Waals surface area contributed by atoms with Crippen molar-refractivity contribution in [3.8, 4) is 11.5 Å². The topological polar surface area (TPSA) is 64.1 Å². The number of hydrogen-bond acceptors (Lipinski definition) is 4. The van der Waals surface area contributed by atoms with Crippen LogP contribution in [0.1, 0.15) is 21.9 Å². The molecule has 0 bridgehead atoms. The van der Waals surface area contributed by atoms with Crippen LogP contribution >= 0.6 is 0 Å². The van der Waals surface area contributed by atoms with Gasteiger partial charge in [-0.1, -0.05) is 0 Å². The van der Waals surface area contributed by atoms with Gasteiger partial charge >= 0.3 is 0 Å². The zero-order chi connectivity index (χ0) is 13.8. The SMILES string of the molecule is CNC(=O)c1cc(Oc2ccc(C)nc2C)ccn1. The van der Waals surface area contributed by atoms with Gasteiger partial charge in [-0.15, -0.1) is 0 Å². The first-order valence-electron chi connectivity index (χ1n) is 5.90. The van der Waals surface area contributed by atoms with E-state index in [1.54, 1.807) is 19.2 Å². The van der Waals surface area contributed by atoms with Gasteiger partial charge in [-0.2, -0.15) is 0 Å². The summed E-state index contributed by atoms with van der Waals surface area (Å²) < 4.78 is 5.72. The summed E-state index contributed by atoms with van der Waals surface area (Å²) in [5.41, 5.74) is 2.06. The Kier molecular flexibility index (Phi) is 3.75. The normalized spacial score (nSPS) is 10.1. The van der Waals surface area contributed by atoms with E-state index >= 15 is 0 Å². The zero-order valence-corrected chi connectivity index (χ0v) is 11.1. The number of aromatic nitrogens is 2. The molecule has 1 N–H and O–H groups in total. The van der Waals surface area contributed by atoms with Gasteiger partial charge in [-0.25, -0.2) is 0 Å². The van der Waals surface area contributed by atoms with Gasteiger partial charge in [-0.05, 0) is 32.0 Å². The Morgan fingerprint density at radius 2 is 2.05 bits per heavy atom. The number of nitrogens with one attached hydrogen (secondary N) is 1. The Bertz CT molecular complexity index is 611. The van der Waals surface area contributed by atoms with E-state index < -0.39 is 0 Å². The number of nitrogens with zero attached hydrogens (tertiary/aromatic N) is 2. The lowest BCUT2D eigenvalue weighted by atomic mass is 10.3. The lowest BCUT2D eigenvalue weighted by Gasteiger charge is -2.09. The molecule has 2 rings (SSSR count). The Balaban J connectivity index is 2.26. The van der Waals surface area contributed by atoms with Gasteiger partial charge in [0.25, 0.3) is 5.91 Å². The molecule has 0 aromatic carbocycles. The molecule has 0 fully saturated rings. The minimum absolute atomic E-state index is 0.246. The molecule has 0 aliphatic carbocycles. The molecule has 2 aromatic rings. The van der Waals surface area contributed by atoms with E-state index in [-0.39, 0.29) is 5.91 Å². The summed E-state index contributed by atoms with van der Waals surface area (Å²) in [4.78, 5) is 19.8. The van der Waals surface area contributed by atoms with Crippen LogP contribution in [0.4, 0.5) is 0 Å². The molecule has 5 heteroatoms. The van der Waals surface area contributed by atoms with Gasteiger partial charge in [0.1, 0.15) is 17.2 Å². The lowest BCUT2D eigenvalue weighted by molar-refractivity contribution is 0.0958. The van der Waals surface area contributed by atoms with Crippen molar-refractivity contribution in [2.45, 2.75) is 13.8 Å². The second-order valence-corrected chi connectivity index (χ2v) is 4.09. The second-order valence-electron chi connectivity index (χ2n) is 4.09. The molecule has 0 spiro atoms. The fourth-order valence-corrected chi connectivity index (χ4v) is 1.64. The van der Waals surface area contributed by atoms with E-state index in [9.17, 15) is 4.79 Å². The van der Waals surface area contributed by atoms with E-state index in [1.807, 2.05) is 26.0 Å². The van der Waals surface area contributed by atoms with Crippen LogP contribution in [0.2, 0.25) is 0 Å². The van der Waals surface area contributed by atoms with Crippen molar-refractivity contribution in [2.24, 2.45) is 0 Å². The van der Waals surface area contributed by atoms with Crippen molar-refractivity contribution in [3.05, 3.63) is 47.5 Å². The van der Waals surface area contributed by atoms with Crippen molar-refractivity contribution in [1.82, 2.24) is 15.3 Å². The van der Waals surface area contributed by atoms with E-state index in [0.29, 0.717) is 17.2 Å². The standard InChI is InChI=1S/C14H15N3O2/c1-9-4-5-13(10(2)17-9)19-11-6-7-16-12(8-11)14(18)15-3/h4-8H,1-3H3,(H,15,18). The van der Waals surface area contributed by atoms with E-state index in [4.69, 9.17) is 4.74 Å². The first-order chi connectivity index (χ1) is 9.10. The van der Waals surface area contributed by atoms with Crippen molar-refractivity contribution in [2.75, 3.05) is 7.05 Å². The third-order valence-corrected chi connectivity index (χ3v) is 2.60. The summed E-state index contributed by atoms with van der Waals surface area (Å²) >= 11 is 0. The Hall–Kier alpha value is -2.43. The van der Waals surface area contributed by atoms with Crippen LogP contribution in [-0.4, -0.2) is 22.9 Å². The third-order valence-electron chi connectivity index (χ3n) is 2.60. The Labute approximate surface area is 111 Å². The quantitative estimate of drug-likeness (QED) is 0.916. The van der Waals surface area contributed by atoms with Crippen molar-refractivity contribution in [3.63, 3.8) is 0 Å². The number of carbonyl (C=O) groups excluding carboxylic acids is 1. The predicted molar refractivity (Wildman–Crippen MR) is 71.4 cm³/mol. The molecular formula is C14H15N3O2. The van der Waals surface area contributed by atoms with Crippen LogP contribution in [0.3, 0.4) is 0 Å². The van der Waals surface area contributed by atoms with Gasteiger partial charge in [0, 0.05) is 25.0 Å². The first-order valence-corrected chi connectivity index (χ1v) is 5.90. The highest BCUT2D eigenvalue weighted by Crippen LogP contribution is 2.24. The molecule has 5 nitrogen and oxygen atoms in total. The summed E-state index contributed by atoms with van der Waals surface area (Å²) in [5.74, 6) is 0.978. The molecule has 0 saturated heterocycles. The van der Waals surface area contributed by atoms with E-state index in [2.05, 4.69) is 15.3 Å². The largest absolute Gasteiger partial charge is 0.455 e. The maximum atomic E-state index is 11.5. The van der Waals surface area contributed by atoms with Gasteiger partial charge in [0.05, 0.1) is 5.69 Å². The number of carbonyl (C=O) groups is 1. The molecule has 1 amide bonds. The molecule has 0 unspecified atom stereocenters. The average Bonchev–Trinajstić information content (AvgIpc) is 2.41. The molecule has 0 atom stereocenters. The van der Waals surface area contributed by atoms with Gasteiger partial charge < -0.3 is 10.1 Å². The summed E-state index contributed by atoms with van der Waals surface area (Å²) in [5, 5.41) is 2.52. The van der Waals surface area contributed by atoms with Gasteiger partial charge in [-0.3, -0.25) is 14.8 Å². The highest BCUT2D eigenvalue weighted by atomic mass is 16.5. The highest BCUT2D eigenvalue weighted by molar-refractivity contribution is 5.92. The molecular weight excluding hydrogens is 242 g/mol. The molecule has 0 radical (unpaired) electrons. The lowest BCUT2D eigenvalue weighted by Crippen LogP contribution is -2.18. The summed E-state index contributed by atoms with van der Waals surface area (Å²) in [6.45, 7) is 3.80. The predicted octanol–water partition coefficient (Wildman–Crippen LogP) is 2.25. The second kappa shape index (κ2) is 5.48. The molecule has 0 aliphatic rings. The minimum atomic E-state index is -0.246. The maximum Gasteiger partial charge on any atom is 0.269 e. The summed E-state index contributed by atoms with van der Waals surface area (Å²) in [7, 11) is 1.56. The monoisotopic (exact) mass is 257 g/mol. The summed E-state index contributed by atoms with van der Waals surface area (Å²) in [6, 6.07) is 7.03. The molecule has 2 aromatic heterocycles. The third kappa shape index (κ3) is 3.07. The van der Waals surface area contributed by atoms with Crippen molar-refractivity contribution in [1.29, 1.82) is 0 Å². The molecule has 19 heavy (non-hydrogen) atoms. The number of hydrogen-bond donors (Lipinski definition) is 1. The zero-order valence-electron chi connectivity index (χ0n) is 11.1. The maximum absolute atomic E-state index is 11.5. The average molecular weight is 257 g/mol. The van der Waals surface area contributed by atoms with Crippen LogP contribution in [0.25, 0.3) is 0 Å².